The molecular weight excluding hydrogens is 865 g/mol. The van der Waals surface area contributed by atoms with Crippen molar-refractivity contribution in [2.45, 2.75) is 341 Å². The molecule has 0 heterocycles. The number of unbranched alkanes of at least 4 members (excludes halogenated alkanes) is 40. The number of allylic oxidation sites excluding steroid dienone is 6. The van der Waals surface area contributed by atoms with Crippen LogP contribution in [0.25, 0.3) is 0 Å². The Hall–Kier alpha value is -2.37. The molecule has 0 aromatic carbocycles. The number of hydrogen-bond donors (Lipinski definition) is 0. The highest BCUT2D eigenvalue weighted by Gasteiger charge is 2.19. The standard InChI is InChI=1S/C64H118O6/c1-4-7-10-13-16-19-22-25-28-30-32-34-36-39-42-45-48-51-54-57-63(66)69-60-61(59-68-62(65)56-53-50-47-44-41-38-35-27-24-21-18-15-12-9-6-3)70-64(67)58-55-52-49-46-43-40-37-33-31-29-26-23-20-17-14-11-8-5-2/h9,12,18,21,27,35,61H,4-8,10-11,13-17,19-20,22-26,28-34,36-60H2,1-3H3/b12-9-,21-18-,35-27-. The monoisotopic (exact) mass is 983 g/mol. The minimum Gasteiger partial charge on any atom is -0.462 e. The van der Waals surface area contributed by atoms with Crippen LogP contribution in [0.5, 0.6) is 0 Å². The van der Waals surface area contributed by atoms with Crippen LogP contribution in [-0.2, 0) is 28.6 Å². The topological polar surface area (TPSA) is 78.9 Å². The van der Waals surface area contributed by atoms with Crippen LogP contribution >= 0.6 is 0 Å². The second-order valence-electron chi connectivity index (χ2n) is 21.0. The molecule has 0 N–H and O–H groups in total. The van der Waals surface area contributed by atoms with E-state index in [0.29, 0.717) is 19.3 Å². The van der Waals surface area contributed by atoms with E-state index in [1.54, 1.807) is 0 Å². The van der Waals surface area contributed by atoms with Crippen LogP contribution in [-0.4, -0.2) is 37.2 Å². The summed E-state index contributed by atoms with van der Waals surface area (Å²) in [4.78, 5) is 38.3. The Morgan fingerprint density at radius 3 is 0.871 bits per heavy atom. The lowest BCUT2D eigenvalue weighted by molar-refractivity contribution is -0.167. The first kappa shape index (κ1) is 67.6. The summed E-state index contributed by atoms with van der Waals surface area (Å²) in [5.74, 6) is -0.865. The van der Waals surface area contributed by atoms with Gasteiger partial charge in [-0.3, -0.25) is 14.4 Å². The van der Waals surface area contributed by atoms with Crippen LogP contribution in [0.3, 0.4) is 0 Å². The van der Waals surface area contributed by atoms with Gasteiger partial charge in [-0.15, -0.1) is 0 Å². The molecule has 0 aliphatic heterocycles. The largest absolute Gasteiger partial charge is 0.462 e. The fraction of sp³-hybridized carbons (Fsp3) is 0.859. The molecule has 6 nitrogen and oxygen atoms in total. The number of hydrogen-bond acceptors (Lipinski definition) is 6. The minimum absolute atomic E-state index is 0.0723. The second-order valence-corrected chi connectivity index (χ2v) is 21.0. The van der Waals surface area contributed by atoms with Gasteiger partial charge < -0.3 is 14.2 Å². The van der Waals surface area contributed by atoms with Crippen molar-refractivity contribution in [1.82, 2.24) is 0 Å². The minimum atomic E-state index is -0.775. The summed E-state index contributed by atoms with van der Waals surface area (Å²) in [6, 6.07) is 0. The molecule has 1 atom stereocenters. The predicted octanol–water partition coefficient (Wildman–Crippen LogP) is 20.8. The molecule has 6 heteroatoms. The van der Waals surface area contributed by atoms with Crippen molar-refractivity contribution in [3.05, 3.63) is 36.5 Å². The van der Waals surface area contributed by atoms with E-state index >= 15 is 0 Å². The second kappa shape index (κ2) is 59.2. The Morgan fingerprint density at radius 1 is 0.300 bits per heavy atom. The van der Waals surface area contributed by atoms with E-state index in [9.17, 15) is 14.4 Å². The van der Waals surface area contributed by atoms with E-state index in [-0.39, 0.29) is 31.1 Å². The summed E-state index contributed by atoms with van der Waals surface area (Å²) in [5, 5.41) is 0. The Balaban J connectivity index is 4.32. The molecule has 410 valence electrons. The van der Waals surface area contributed by atoms with Crippen LogP contribution in [0.1, 0.15) is 335 Å². The maximum Gasteiger partial charge on any atom is 0.306 e. The van der Waals surface area contributed by atoms with E-state index in [1.165, 1.54) is 199 Å². The van der Waals surface area contributed by atoms with Gasteiger partial charge in [0.05, 0.1) is 0 Å². The van der Waals surface area contributed by atoms with Gasteiger partial charge in [0.25, 0.3) is 0 Å². The van der Waals surface area contributed by atoms with Gasteiger partial charge in [-0.25, -0.2) is 0 Å². The summed E-state index contributed by atoms with van der Waals surface area (Å²) < 4.78 is 16.9. The number of carbonyl (C=O) groups is 3. The van der Waals surface area contributed by atoms with Crippen molar-refractivity contribution in [2.24, 2.45) is 0 Å². The highest BCUT2D eigenvalue weighted by atomic mass is 16.6. The average molecular weight is 984 g/mol. The normalized spacial score (nSPS) is 12.2. The first-order chi connectivity index (χ1) is 34.5. The van der Waals surface area contributed by atoms with Crippen molar-refractivity contribution < 1.29 is 28.6 Å². The number of ether oxygens (including phenoxy) is 3. The van der Waals surface area contributed by atoms with E-state index < -0.39 is 6.10 Å². The quantitative estimate of drug-likeness (QED) is 0.0261. The lowest BCUT2D eigenvalue weighted by atomic mass is 10.0. The summed E-state index contributed by atoms with van der Waals surface area (Å²) in [6.45, 7) is 6.58. The third kappa shape index (κ3) is 56.5. The van der Waals surface area contributed by atoms with Crippen LogP contribution in [0.4, 0.5) is 0 Å². The number of esters is 3. The molecule has 0 saturated carbocycles. The predicted molar refractivity (Wildman–Crippen MR) is 302 cm³/mol. The van der Waals surface area contributed by atoms with Gasteiger partial charge in [0.15, 0.2) is 6.10 Å². The molecule has 0 amide bonds. The maximum absolute atomic E-state index is 12.9. The van der Waals surface area contributed by atoms with Crippen LogP contribution in [0, 0.1) is 0 Å². The maximum atomic E-state index is 12.9. The van der Waals surface area contributed by atoms with E-state index in [4.69, 9.17) is 14.2 Å². The number of rotatable bonds is 57. The highest BCUT2D eigenvalue weighted by molar-refractivity contribution is 5.71. The third-order valence-corrected chi connectivity index (χ3v) is 13.9. The van der Waals surface area contributed by atoms with Crippen molar-refractivity contribution in [2.75, 3.05) is 13.2 Å². The van der Waals surface area contributed by atoms with Gasteiger partial charge in [-0.05, 0) is 51.4 Å². The highest BCUT2D eigenvalue weighted by Crippen LogP contribution is 2.18. The molecule has 0 aromatic heterocycles. The van der Waals surface area contributed by atoms with E-state index in [1.807, 2.05) is 0 Å². The zero-order valence-electron chi connectivity index (χ0n) is 47.1. The Kier molecular flexibility index (Phi) is 57.2. The lowest BCUT2D eigenvalue weighted by Gasteiger charge is -2.18. The molecule has 0 bridgehead atoms. The molecule has 0 saturated heterocycles. The van der Waals surface area contributed by atoms with E-state index in [2.05, 4.69) is 57.2 Å². The Morgan fingerprint density at radius 2 is 0.557 bits per heavy atom. The first-order valence-corrected chi connectivity index (χ1v) is 31.0. The molecule has 0 spiro atoms. The summed E-state index contributed by atoms with van der Waals surface area (Å²) in [5.41, 5.74) is 0. The molecule has 70 heavy (non-hydrogen) atoms. The number of carbonyl (C=O) groups excluding carboxylic acids is 3. The summed E-state index contributed by atoms with van der Waals surface area (Å²) >= 11 is 0. The van der Waals surface area contributed by atoms with Crippen molar-refractivity contribution >= 4 is 17.9 Å². The van der Waals surface area contributed by atoms with Gasteiger partial charge in [0.2, 0.25) is 0 Å². The van der Waals surface area contributed by atoms with Gasteiger partial charge in [0.1, 0.15) is 13.2 Å². The van der Waals surface area contributed by atoms with Crippen molar-refractivity contribution in [1.29, 1.82) is 0 Å². The summed E-state index contributed by atoms with van der Waals surface area (Å²) in [7, 11) is 0. The smallest absolute Gasteiger partial charge is 0.306 e. The fourth-order valence-corrected chi connectivity index (χ4v) is 9.28. The third-order valence-electron chi connectivity index (χ3n) is 13.9. The molecule has 1 unspecified atom stereocenters. The zero-order valence-corrected chi connectivity index (χ0v) is 47.1. The van der Waals surface area contributed by atoms with Crippen LogP contribution < -0.4 is 0 Å². The average Bonchev–Trinajstić information content (AvgIpc) is 3.36. The first-order valence-electron chi connectivity index (χ1n) is 31.0. The SMILES string of the molecule is CC/C=C\C/C=C\C/C=C\CCCCCCCC(=O)OCC(COC(=O)CCCCCCCCCCCCCCCCCCCCC)OC(=O)CCCCCCCCCCCCCCCCCCCC. The molecule has 0 fully saturated rings. The van der Waals surface area contributed by atoms with Crippen molar-refractivity contribution in [3.8, 4) is 0 Å². The van der Waals surface area contributed by atoms with Crippen molar-refractivity contribution in [3.63, 3.8) is 0 Å². The van der Waals surface area contributed by atoms with Gasteiger partial charge in [0, 0.05) is 19.3 Å². The zero-order chi connectivity index (χ0) is 50.7. The van der Waals surface area contributed by atoms with Gasteiger partial charge >= 0.3 is 17.9 Å². The molecule has 0 aliphatic carbocycles. The summed E-state index contributed by atoms with van der Waals surface area (Å²) in [6.07, 6.45) is 71.4. The fourth-order valence-electron chi connectivity index (χ4n) is 9.28. The lowest BCUT2D eigenvalue weighted by Crippen LogP contribution is -2.30. The Labute approximate surface area is 435 Å². The van der Waals surface area contributed by atoms with Gasteiger partial charge in [-0.2, -0.15) is 0 Å². The molecular formula is C64H118O6. The molecule has 0 aromatic rings. The Bertz CT molecular complexity index is 1170. The molecule has 0 aliphatic rings. The van der Waals surface area contributed by atoms with Crippen LogP contribution in [0.2, 0.25) is 0 Å². The molecule has 0 rings (SSSR count). The van der Waals surface area contributed by atoms with E-state index in [0.717, 1.165) is 96.3 Å². The van der Waals surface area contributed by atoms with Gasteiger partial charge in [-0.1, -0.05) is 301 Å². The van der Waals surface area contributed by atoms with Crippen LogP contribution in [0.15, 0.2) is 36.5 Å². The molecule has 0 radical (unpaired) electrons.